The molecule has 2 amide bonds. The van der Waals surface area contributed by atoms with Gasteiger partial charge in [-0.05, 0) is 48.9 Å². The van der Waals surface area contributed by atoms with Gasteiger partial charge in [-0.25, -0.2) is 9.97 Å². The van der Waals surface area contributed by atoms with Crippen LogP contribution in [0.15, 0.2) is 77.8 Å². The number of fused-ring (bicyclic) bond motifs is 1. The molecule has 41 heavy (non-hydrogen) atoms. The molecule has 1 atom stereocenters. The number of nitrogen functional groups attached to an aromatic ring is 1. The van der Waals surface area contributed by atoms with Crippen molar-refractivity contribution in [2.75, 3.05) is 12.3 Å². The van der Waals surface area contributed by atoms with E-state index in [1.807, 2.05) is 12.1 Å². The van der Waals surface area contributed by atoms with Crippen LogP contribution in [-0.2, 0) is 12.0 Å². The van der Waals surface area contributed by atoms with E-state index in [-0.39, 0.29) is 24.3 Å². The first kappa shape index (κ1) is 24.8. The van der Waals surface area contributed by atoms with Crippen LogP contribution in [0.2, 0.25) is 0 Å². The van der Waals surface area contributed by atoms with E-state index in [1.165, 1.54) is 4.90 Å². The molecule has 1 fully saturated rings. The molecule has 7 rings (SSSR count). The highest BCUT2D eigenvalue weighted by molar-refractivity contribution is 6.21. The molecule has 1 aliphatic heterocycles. The molecule has 2 N–H and O–H groups in total. The molecule has 0 saturated heterocycles. The van der Waals surface area contributed by atoms with Gasteiger partial charge < -0.3 is 10.3 Å². The molecular formula is C30H26N8O3. The zero-order chi connectivity index (χ0) is 28.1. The van der Waals surface area contributed by atoms with Crippen LogP contribution in [-0.4, -0.2) is 53.1 Å². The van der Waals surface area contributed by atoms with Crippen LogP contribution < -0.4 is 5.73 Å². The maximum atomic E-state index is 12.7. The molecule has 1 saturated carbocycles. The first-order valence-electron chi connectivity index (χ1n) is 13.4. The highest BCUT2D eigenvalue weighted by Crippen LogP contribution is 2.50. The highest BCUT2D eigenvalue weighted by atomic mass is 16.5. The third-order valence-corrected chi connectivity index (χ3v) is 8.09. The van der Waals surface area contributed by atoms with Gasteiger partial charge in [0.1, 0.15) is 0 Å². The molecule has 0 unspecified atom stereocenters. The van der Waals surface area contributed by atoms with Crippen molar-refractivity contribution in [1.82, 2.24) is 34.8 Å². The number of nitrogens with zero attached hydrogens (tertiary/aromatic N) is 7. The summed E-state index contributed by atoms with van der Waals surface area (Å²) in [5.41, 5.74) is 9.73. The summed E-state index contributed by atoms with van der Waals surface area (Å²) in [5, 5.41) is 8.79. The molecule has 2 aliphatic rings. The van der Waals surface area contributed by atoms with Crippen LogP contribution in [0.5, 0.6) is 0 Å². The van der Waals surface area contributed by atoms with Gasteiger partial charge in [0.25, 0.3) is 17.7 Å². The summed E-state index contributed by atoms with van der Waals surface area (Å²) in [6, 6.07) is 15.1. The number of rotatable bonds is 8. The van der Waals surface area contributed by atoms with Gasteiger partial charge in [-0.2, -0.15) is 10.1 Å². The SMILES string of the molecule is C[C@@](c1ccc(-c2cnc(N)nc2)cc1)(c1noc(-c2cnn(CCN3C(=O)c4ccccc4C3=O)c2)n1)C1CC1. The van der Waals surface area contributed by atoms with Crippen molar-refractivity contribution in [1.29, 1.82) is 0 Å². The molecule has 0 bridgehead atoms. The molecule has 11 heteroatoms. The second-order valence-electron chi connectivity index (χ2n) is 10.6. The van der Waals surface area contributed by atoms with Crippen LogP contribution in [0.1, 0.15) is 51.9 Å². The summed E-state index contributed by atoms with van der Waals surface area (Å²) in [7, 11) is 0. The quantitative estimate of drug-likeness (QED) is 0.285. The van der Waals surface area contributed by atoms with E-state index in [4.69, 9.17) is 15.2 Å². The molecule has 0 radical (unpaired) electrons. The Labute approximate surface area is 235 Å². The van der Waals surface area contributed by atoms with E-state index in [9.17, 15) is 9.59 Å². The lowest BCUT2D eigenvalue weighted by atomic mass is 9.77. The zero-order valence-electron chi connectivity index (χ0n) is 22.3. The number of imide groups is 1. The number of hydrogen-bond donors (Lipinski definition) is 1. The molecular weight excluding hydrogens is 520 g/mol. The smallest absolute Gasteiger partial charge is 0.261 e. The van der Waals surface area contributed by atoms with Crippen LogP contribution >= 0.6 is 0 Å². The monoisotopic (exact) mass is 546 g/mol. The van der Waals surface area contributed by atoms with E-state index in [1.54, 1.807) is 53.7 Å². The Bertz CT molecular complexity index is 1740. The van der Waals surface area contributed by atoms with E-state index in [0.29, 0.717) is 40.9 Å². The number of carbonyl (C=O) groups excluding carboxylic acids is 2. The lowest BCUT2D eigenvalue weighted by molar-refractivity contribution is 0.0647. The van der Waals surface area contributed by atoms with E-state index >= 15 is 0 Å². The molecule has 2 aromatic carbocycles. The molecule has 11 nitrogen and oxygen atoms in total. The zero-order valence-corrected chi connectivity index (χ0v) is 22.3. The molecule has 4 heterocycles. The number of aromatic nitrogens is 6. The lowest BCUT2D eigenvalue weighted by Crippen LogP contribution is -2.33. The fourth-order valence-corrected chi connectivity index (χ4v) is 5.50. The predicted octanol–water partition coefficient (Wildman–Crippen LogP) is 3.98. The maximum Gasteiger partial charge on any atom is 0.261 e. The van der Waals surface area contributed by atoms with Crippen molar-refractivity contribution in [2.45, 2.75) is 31.7 Å². The maximum absolute atomic E-state index is 12.7. The van der Waals surface area contributed by atoms with Gasteiger partial charge in [0.2, 0.25) is 5.95 Å². The van der Waals surface area contributed by atoms with Crippen molar-refractivity contribution in [2.24, 2.45) is 5.92 Å². The van der Waals surface area contributed by atoms with Gasteiger partial charge in [0, 0.05) is 30.7 Å². The first-order chi connectivity index (χ1) is 19.9. The Morgan fingerprint density at radius 1 is 0.902 bits per heavy atom. The summed E-state index contributed by atoms with van der Waals surface area (Å²) in [5.74, 6) is 1.07. The number of anilines is 1. The van der Waals surface area contributed by atoms with Crippen molar-refractivity contribution in [3.05, 3.63) is 95.8 Å². The van der Waals surface area contributed by atoms with Gasteiger partial charge in [0.05, 0.1) is 34.8 Å². The van der Waals surface area contributed by atoms with E-state index in [0.717, 1.165) is 29.5 Å². The number of hydrogen-bond acceptors (Lipinski definition) is 9. The van der Waals surface area contributed by atoms with Gasteiger partial charge in [-0.1, -0.05) is 41.6 Å². The van der Waals surface area contributed by atoms with E-state index < -0.39 is 5.41 Å². The number of amides is 2. The molecule has 0 spiro atoms. The highest BCUT2D eigenvalue weighted by Gasteiger charge is 2.47. The normalized spacial score (nSPS) is 16.2. The standard InChI is InChI=1S/C30H26N8O3/c1-30(22-10-11-22,21-8-6-18(7-9-21)19-14-32-29(31)33-15-19)28-35-25(41-36-28)20-16-34-37(17-20)12-13-38-26(39)23-4-2-3-5-24(23)27(38)40/h2-9,14-17,22H,10-13H2,1H3,(H2,31,32,33)/t30-/m0/s1. The van der Waals surface area contributed by atoms with Crippen molar-refractivity contribution >= 4 is 17.8 Å². The second-order valence-corrected chi connectivity index (χ2v) is 10.6. The largest absolute Gasteiger partial charge is 0.368 e. The Morgan fingerprint density at radius 2 is 1.59 bits per heavy atom. The number of nitrogens with two attached hydrogens (primary N) is 1. The third-order valence-electron chi connectivity index (χ3n) is 8.09. The lowest BCUT2D eigenvalue weighted by Gasteiger charge is -2.27. The minimum atomic E-state index is -0.417. The summed E-state index contributed by atoms with van der Waals surface area (Å²) in [6.45, 7) is 2.71. The fourth-order valence-electron chi connectivity index (χ4n) is 5.50. The molecule has 1 aliphatic carbocycles. The summed E-state index contributed by atoms with van der Waals surface area (Å²) >= 11 is 0. The molecule has 204 valence electrons. The Hall–Kier alpha value is -5.19. The van der Waals surface area contributed by atoms with Crippen molar-refractivity contribution in [3.63, 3.8) is 0 Å². The second kappa shape index (κ2) is 9.47. The van der Waals surface area contributed by atoms with Crippen LogP contribution in [0.4, 0.5) is 5.95 Å². The minimum absolute atomic E-state index is 0.209. The van der Waals surface area contributed by atoms with Crippen molar-refractivity contribution in [3.8, 4) is 22.6 Å². The fraction of sp³-hybridized carbons (Fsp3) is 0.233. The molecule has 3 aromatic heterocycles. The summed E-state index contributed by atoms with van der Waals surface area (Å²) in [6.07, 6.45) is 9.03. The summed E-state index contributed by atoms with van der Waals surface area (Å²) < 4.78 is 7.38. The van der Waals surface area contributed by atoms with Crippen LogP contribution in [0.25, 0.3) is 22.6 Å². The number of benzene rings is 2. The topological polar surface area (TPSA) is 146 Å². The first-order valence-corrected chi connectivity index (χ1v) is 13.4. The number of carbonyl (C=O) groups is 2. The molecule has 5 aromatic rings. The average molecular weight is 547 g/mol. The Morgan fingerprint density at radius 3 is 2.24 bits per heavy atom. The van der Waals surface area contributed by atoms with E-state index in [2.05, 4.69) is 39.3 Å². The predicted molar refractivity (Wildman–Crippen MR) is 148 cm³/mol. The summed E-state index contributed by atoms with van der Waals surface area (Å²) in [4.78, 5) is 39.6. The minimum Gasteiger partial charge on any atom is -0.368 e. The average Bonchev–Trinajstić information content (AvgIpc) is 3.46. The van der Waals surface area contributed by atoms with Gasteiger partial charge in [-0.3, -0.25) is 19.2 Å². The van der Waals surface area contributed by atoms with Gasteiger partial charge >= 0.3 is 0 Å². The van der Waals surface area contributed by atoms with Gasteiger partial charge in [-0.15, -0.1) is 0 Å². The van der Waals surface area contributed by atoms with Crippen molar-refractivity contribution < 1.29 is 14.1 Å². The Kier molecular flexibility index (Phi) is 5.74. The Balaban J connectivity index is 1.08. The van der Waals surface area contributed by atoms with Crippen LogP contribution in [0, 0.1) is 5.92 Å². The third kappa shape index (κ3) is 4.26. The van der Waals surface area contributed by atoms with Crippen LogP contribution in [0.3, 0.4) is 0 Å². The van der Waals surface area contributed by atoms with Gasteiger partial charge in [0.15, 0.2) is 5.82 Å².